The molecule has 0 bridgehead atoms. The average molecular weight is 413 g/mol. The topological polar surface area (TPSA) is 20.2 Å². The molecule has 0 spiro atoms. The largest absolute Gasteiger partial charge is 0.393 e. The monoisotopic (exact) mass is 412 g/mol. The fourth-order valence-corrected chi connectivity index (χ4v) is 9.52. The first-order valence-corrected chi connectivity index (χ1v) is 13.9. The van der Waals surface area contributed by atoms with E-state index in [1.807, 2.05) is 0 Å². The van der Waals surface area contributed by atoms with E-state index in [1.165, 1.54) is 96.3 Å². The summed E-state index contributed by atoms with van der Waals surface area (Å²) in [5, 5.41) is 10.2. The molecular weight excluding hydrogens is 364 g/mol. The Kier molecular flexibility index (Phi) is 6.15. The molecule has 7 unspecified atom stereocenters. The molecule has 0 amide bonds. The number of hydrogen-bond acceptors (Lipinski definition) is 1. The van der Waals surface area contributed by atoms with E-state index in [4.69, 9.17) is 0 Å². The van der Waals surface area contributed by atoms with Gasteiger partial charge >= 0.3 is 0 Å². The lowest BCUT2D eigenvalue weighted by Crippen LogP contribution is -2.50. The summed E-state index contributed by atoms with van der Waals surface area (Å²) in [6.45, 7) is 5.28. The van der Waals surface area contributed by atoms with E-state index in [2.05, 4.69) is 19.9 Å². The molecule has 0 aromatic heterocycles. The second kappa shape index (κ2) is 8.57. The van der Waals surface area contributed by atoms with Crippen molar-refractivity contribution >= 4 is 0 Å². The molecule has 1 nitrogen and oxygen atoms in total. The van der Waals surface area contributed by atoms with Gasteiger partial charge in [0.05, 0.1) is 6.10 Å². The molecule has 5 aliphatic carbocycles. The van der Waals surface area contributed by atoms with Crippen LogP contribution in [0.2, 0.25) is 0 Å². The molecule has 0 aliphatic heterocycles. The second-order valence-electron chi connectivity index (χ2n) is 12.8. The van der Waals surface area contributed by atoms with Gasteiger partial charge in [-0.05, 0) is 98.2 Å². The fraction of sp³-hybridized carbons (Fsp3) is 0.931. The molecule has 0 aromatic carbocycles. The number of aliphatic hydroxyl groups excluding tert-OH is 1. The third-order valence-corrected chi connectivity index (χ3v) is 11.4. The summed E-state index contributed by atoms with van der Waals surface area (Å²) in [4.78, 5) is 0. The van der Waals surface area contributed by atoms with Gasteiger partial charge in [-0.1, -0.05) is 76.9 Å². The van der Waals surface area contributed by atoms with Crippen LogP contribution in [-0.2, 0) is 0 Å². The van der Waals surface area contributed by atoms with Gasteiger partial charge in [-0.3, -0.25) is 0 Å². The molecule has 4 fully saturated rings. The van der Waals surface area contributed by atoms with E-state index < -0.39 is 0 Å². The van der Waals surface area contributed by atoms with E-state index >= 15 is 0 Å². The minimum Gasteiger partial charge on any atom is -0.393 e. The van der Waals surface area contributed by atoms with Gasteiger partial charge in [0.25, 0.3) is 0 Å². The quantitative estimate of drug-likeness (QED) is 0.357. The van der Waals surface area contributed by atoms with E-state index in [1.54, 1.807) is 5.57 Å². The Morgan fingerprint density at radius 1 is 0.867 bits per heavy atom. The minimum absolute atomic E-state index is 0.0702. The van der Waals surface area contributed by atoms with Gasteiger partial charge in [-0.2, -0.15) is 0 Å². The Morgan fingerprint density at radius 2 is 1.67 bits per heavy atom. The number of rotatable bonds is 5. The predicted octanol–water partition coefficient (Wildman–Crippen LogP) is 8.07. The maximum atomic E-state index is 10.2. The zero-order valence-electron chi connectivity index (χ0n) is 20.0. The Labute approximate surface area is 186 Å². The van der Waals surface area contributed by atoms with E-state index in [-0.39, 0.29) is 6.10 Å². The van der Waals surface area contributed by atoms with Crippen molar-refractivity contribution in [3.05, 3.63) is 11.6 Å². The Bertz CT molecular complexity index is 630. The van der Waals surface area contributed by atoms with Gasteiger partial charge in [-0.25, -0.2) is 0 Å². The highest BCUT2D eigenvalue weighted by atomic mass is 16.3. The molecule has 1 N–H and O–H groups in total. The van der Waals surface area contributed by atoms with Crippen LogP contribution < -0.4 is 0 Å². The van der Waals surface area contributed by atoms with Gasteiger partial charge in [0.15, 0.2) is 0 Å². The zero-order chi connectivity index (χ0) is 20.8. The molecule has 5 aliphatic rings. The number of aliphatic hydroxyl groups is 1. The molecule has 0 aromatic rings. The van der Waals surface area contributed by atoms with Gasteiger partial charge in [0, 0.05) is 0 Å². The molecule has 0 radical (unpaired) electrons. The molecule has 30 heavy (non-hydrogen) atoms. The lowest BCUT2D eigenvalue weighted by molar-refractivity contribution is -0.0509. The summed E-state index contributed by atoms with van der Waals surface area (Å²) in [7, 11) is 0. The number of fused-ring (bicyclic) bond motifs is 5. The number of hydrogen-bond donors (Lipinski definition) is 1. The minimum atomic E-state index is -0.0702. The summed E-state index contributed by atoms with van der Waals surface area (Å²) in [5.41, 5.74) is 2.66. The van der Waals surface area contributed by atoms with Crippen molar-refractivity contribution in [2.75, 3.05) is 0 Å². The average Bonchev–Trinajstić information content (AvgIpc) is 3.09. The normalized spacial score (nSPS) is 46.6. The summed E-state index contributed by atoms with van der Waals surface area (Å²) in [6.07, 6.45) is 26.6. The first kappa shape index (κ1) is 21.5. The first-order valence-electron chi connectivity index (χ1n) is 13.9. The van der Waals surface area contributed by atoms with E-state index in [9.17, 15) is 5.11 Å². The molecule has 170 valence electrons. The van der Waals surface area contributed by atoms with Crippen LogP contribution in [0.1, 0.15) is 123 Å². The van der Waals surface area contributed by atoms with Crippen molar-refractivity contribution in [3.8, 4) is 0 Å². The van der Waals surface area contributed by atoms with Crippen LogP contribution in [0.5, 0.6) is 0 Å². The van der Waals surface area contributed by atoms with Gasteiger partial charge < -0.3 is 5.11 Å². The molecule has 4 saturated carbocycles. The van der Waals surface area contributed by atoms with Crippen LogP contribution >= 0.6 is 0 Å². The SMILES string of the molecule is CC12CCC(O)CC1=CCC1C2CCC2(C)C(CCCCC3CCCCC3)CCC12. The molecule has 7 atom stereocenters. The summed E-state index contributed by atoms with van der Waals surface area (Å²) >= 11 is 0. The second-order valence-corrected chi connectivity index (χ2v) is 12.8. The third kappa shape index (κ3) is 3.74. The lowest BCUT2D eigenvalue weighted by atomic mass is 9.47. The maximum Gasteiger partial charge on any atom is 0.0577 e. The Morgan fingerprint density at radius 3 is 2.50 bits per heavy atom. The highest BCUT2D eigenvalue weighted by Crippen LogP contribution is 2.66. The van der Waals surface area contributed by atoms with Crippen molar-refractivity contribution in [2.45, 2.75) is 129 Å². The van der Waals surface area contributed by atoms with Crippen molar-refractivity contribution in [2.24, 2.45) is 40.4 Å². The van der Waals surface area contributed by atoms with Crippen molar-refractivity contribution in [3.63, 3.8) is 0 Å². The predicted molar refractivity (Wildman–Crippen MR) is 126 cm³/mol. The molecular formula is C29H48O. The Hall–Kier alpha value is -0.300. The molecule has 5 rings (SSSR count). The number of unbranched alkanes of at least 4 members (excludes halogenated alkanes) is 1. The van der Waals surface area contributed by atoms with Gasteiger partial charge in [0.2, 0.25) is 0 Å². The fourth-order valence-electron chi connectivity index (χ4n) is 9.52. The van der Waals surface area contributed by atoms with Crippen LogP contribution in [0.15, 0.2) is 11.6 Å². The third-order valence-electron chi connectivity index (χ3n) is 11.4. The van der Waals surface area contributed by atoms with E-state index in [0.29, 0.717) is 10.8 Å². The van der Waals surface area contributed by atoms with Crippen molar-refractivity contribution in [1.82, 2.24) is 0 Å². The van der Waals surface area contributed by atoms with Crippen molar-refractivity contribution in [1.29, 1.82) is 0 Å². The summed E-state index contributed by atoms with van der Waals surface area (Å²) < 4.78 is 0. The first-order chi connectivity index (χ1) is 14.5. The molecule has 1 heteroatoms. The standard InChI is InChI=1S/C29H48O/c1-28-19-17-27-25(14-12-23-20-24(30)16-18-29(23,27)2)26(28)15-13-22(28)11-7-6-10-21-8-4-3-5-9-21/h12,21-22,24-27,30H,3-11,13-20H2,1-2H3. The van der Waals surface area contributed by atoms with Crippen LogP contribution in [0.4, 0.5) is 0 Å². The van der Waals surface area contributed by atoms with E-state index in [0.717, 1.165) is 42.4 Å². The summed E-state index contributed by atoms with van der Waals surface area (Å²) in [5.74, 6) is 4.87. The smallest absolute Gasteiger partial charge is 0.0577 e. The van der Waals surface area contributed by atoms with Crippen LogP contribution in [-0.4, -0.2) is 11.2 Å². The van der Waals surface area contributed by atoms with Crippen LogP contribution in [0, 0.1) is 40.4 Å². The Balaban J connectivity index is 1.20. The van der Waals surface area contributed by atoms with Crippen LogP contribution in [0.25, 0.3) is 0 Å². The van der Waals surface area contributed by atoms with Gasteiger partial charge in [-0.15, -0.1) is 0 Å². The highest BCUT2D eigenvalue weighted by molar-refractivity contribution is 5.25. The lowest BCUT2D eigenvalue weighted by Gasteiger charge is -2.58. The zero-order valence-corrected chi connectivity index (χ0v) is 20.0. The summed E-state index contributed by atoms with van der Waals surface area (Å²) in [6, 6.07) is 0. The molecule has 0 heterocycles. The van der Waals surface area contributed by atoms with Gasteiger partial charge in [0.1, 0.15) is 0 Å². The van der Waals surface area contributed by atoms with Crippen molar-refractivity contribution < 1.29 is 5.11 Å². The highest BCUT2D eigenvalue weighted by Gasteiger charge is 2.58. The maximum absolute atomic E-state index is 10.2. The number of allylic oxidation sites excluding steroid dienone is 1. The molecule has 0 saturated heterocycles. The van der Waals surface area contributed by atoms with Crippen LogP contribution in [0.3, 0.4) is 0 Å².